The van der Waals surface area contributed by atoms with Crippen molar-refractivity contribution < 1.29 is 14.4 Å². The Morgan fingerprint density at radius 1 is 1.31 bits per heavy atom. The van der Waals surface area contributed by atoms with Crippen LogP contribution in [0.15, 0.2) is 40.1 Å². The first-order chi connectivity index (χ1) is 12.6. The molecule has 0 saturated carbocycles. The molecule has 10 heteroatoms. The summed E-state index contributed by atoms with van der Waals surface area (Å²) < 4.78 is 10.2. The summed E-state index contributed by atoms with van der Waals surface area (Å²) in [4.78, 5) is 16.2. The van der Waals surface area contributed by atoms with E-state index in [4.69, 9.17) is 9.47 Å². The van der Waals surface area contributed by atoms with Crippen LogP contribution in [0.4, 0.5) is 10.8 Å². The van der Waals surface area contributed by atoms with E-state index in [1.165, 1.54) is 37.8 Å². The molecular formula is C16H14N4O4S2. The summed E-state index contributed by atoms with van der Waals surface area (Å²) in [6.07, 6.45) is 1.46. The molecule has 0 aliphatic heterocycles. The zero-order chi connectivity index (χ0) is 18.5. The van der Waals surface area contributed by atoms with E-state index in [1.54, 1.807) is 17.4 Å². The van der Waals surface area contributed by atoms with Crippen LogP contribution in [-0.4, -0.2) is 30.3 Å². The van der Waals surface area contributed by atoms with E-state index >= 15 is 0 Å². The maximum Gasteiger partial charge on any atom is 0.315 e. The Labute approximate surface area is 156 Å². The Morgan fingerprint density at radius 2 is 2.15 bits per heavy atom. The van der Waals surface area contributed by atoms with Gasteiger partial charge < -0.3 is 9.47 Å². The monoisotopic (exact) mass is 390 g/mol. The number of nitro groups is 1. The normalized spacial score (nSPS) is 10.8. The molecule has 0 unspecified atom stereocenters. The van der Waals surface area contributed by atoms with Gasteiger partial charge in [-0.05, 0) is 17.5 Å². The van der Waals surface area contributed by atoms with Gasteiger partial charge in [0.2, 0.25) is 10.9 Å². The molecule has 134 valence electrons. The highest BCUT2D eigenvalue weighted by atomic mass is 32.1. The molecule has 0 spiro atoms. The van der Waals surface area contributed by atoms with Crippen molar-refractivity contribution in [3.8, 4) is 22.1 Å². The molecular weight excluding hydrogens is 376 g/mol. The third-order valence-corrected chi connectivity index (χ3v) is 4.97. The second-order valence-electron chi connectivity index (χ2n) is 4.92. The van der Waals surface area contributed by atoms with Crippen molar-refractivity contribution in [3.05, 3.63) is 50.7 Å². The molecule has 0 aliphatic rings. The van der Waals surface area contributed by atoms with E-state index < -0.39 is 4.92 Å². The van der Waals surface area contributed by atoms with Crippen molar-refractivity contribution >= 4 is 39.7 Å². The fourth-order valence-corrected chi connectivity index (χ4v) is 3.62. The average molecular weight is 390 g/mol. The highest BCUT2D eigenvalue weighted by Gasteiger charge is 2.21. The third-order valence-electron chi connectivity index (χ3n) is 3.33. The number of hydrazone groups is 1. The summed E-state index contributed by atoms with van der Waals surface area (Å²) in [5, 5.41) is 19.9. The minimum absolute atomic E-state index is 0.0723. The van der Waals surface area contributed by atoms with Gasteiger partial charge in [-0.3, -0.25) is 15.5 Å². The van der Waals surface area contributed by atoms with Crippen molar-refractivity contribution in [2.75, 3.05) is 19.6 Å². The Morgan fingerprint density at radius 3 is 2.81 bits per heavy atom. The highest BCUT2D eigenvalue weighted by Crippen LogP contribution is 2.37. The van der Waals surface area contributed by atoms with Gasteiger partial charge in [0.1, 0.15) is 0 Å². The van der Waals surface area contributed by atoms with Crippen molar-refractivity contribution in [2.45, 2.75) is 0 Å². The molecule has 0 aliphatic carbocycles. The zero-order valence-electron chi connectivity index (χ0n) is 13.8. The molecule has 8 nitrogen and oxygen atoms in total. The summed E-state index contributed by atoms with van der Waals surface area (Å²) in [7, 11) is 2.77. The fraction of sp³-hybridized carbons (Fsp3) is 0.125. The standard InChI is InChI=1S/C16H14N4O4S2/c1-23-13-7-10(6-12(20(21)22)15(13)24-2)8-17-19-16-18-11(9-26-16)14-4-3-5-25-14/h3-9H,1-2H3,(H,18,19)/b17-8-. The van der Waals surface area contributed by atoms with Crippen molar-refractivity contribution in [1.29, 1.82) is 0 Å². The minimum atomic E-state index is -0.528. The number of nitro benzene ring substituents is 1. The number of anilines is 1. The number of methoxy groups -OCH3 is 2. The van der Waals surface area contributed by atoms with Crippen LogP contribution in [0.3, 0.4) is 0 Å². The third kappa shape index (κ3) is 3.81. The van der Waals surface area contributed by atoms with Gasteiger partial charge in [-0.25, -0.2) is 4.98 Å². The van der Waals surface area contributed by atoms with Gasteiger partial charge in [0.15, 0.2) is 5.75 Å². The van der Waals surface area contributed by atoms with Gasteiger partial charge in [0, 0.05) is 17.0 Å². The molecule has 1 aromatic carbocycles. The quantitative estimate of drug-likeness (QED) is 0.368. The van der Waals surface area contributed by atoms with Crippen LogP contribution in [0, 0.1) is 10.1 Å². The number of nitrogens with zero attached hydrogens (tertiary/aromatic N) is 3. The number of thiazole rings is 1. The predicted octanol–water partition coefficient (Wildman–Crippen LogP) is 4.24. The topological polar surface area (TPSA) is 98.9 Å². The molecule has 26 heavy (non-hydrogen) atoms. The van der Waals surface area contributed by atoms with Crippen molar-refractivity contribution in [1.82, 2.24) is 4.98 Å². The summed E-state index contributed by atoms with van der Waals surface area (Å²) >= 11 is 3.03. The van der Waals surface area contributed by atoms with E-state index in [1.807, 2.05) is 22.9 Å². The largest absolute Gasteiger partial charge is 0.493 e. The molecule has 2 aromatic heterocycles. The SMILES string of the molecule is COc1cc(/C=N\Nc2nc(-c3cccs3)cs2)cc([N+](=O)[O-])c1OC. The van der Waals surface area contributed by atoms with Gasteiger partial charge in [-0.2, -0.15) is 5.10 Å². The van der Waals surface area contributed by atoms with Gasteiger partial charge in [-0.1, -0.05) is 6.07 Å². The number of nitrogens with one attached hydrogen (secondary N) is 1. The number of hydrogen-bond acceptors (Lipinski definition) is 9. The van der Waals surface area contributed by atoms with Gasteiger partial charge in [0.25, 0.3) is 0 Å². The van der Waals surface area contributed by atoms with Crippen LogP contribution in [-0.2, 0) is 0 Å². The van der Waals surface area contributed by atoms with Crippen LogP contribution in [0.2, 0.25) is 0 Å². The molecule has 0 saturated heterocycles. The molecule has 2 heterocycles. The van der Waals surface area contributed by atoms with Crippen LogP contribution in [0.5, 0.6) is 11.5 Å². The molecule has 0 amide bonds. The van der Waals surface area contributed by atoms with Gasteiger partial charge in [0.05, 0.1) is 35.9 Å². The van der Waals surface area contributed by atoms with Crippen LogP contribution >= 0.6 is 22.7 Å². The molecule has 3 rings (SSSR count). The maximum absolute atomic E-state index is 11.2. The highest BCUT2D eigenvalue weighted by molar-refractivity contribution is 7.15. The first-order valence-corrected chi connectivity index (χ1v) is 9.07. The van der Waals surface area contributed by atoms with Crippen LogP contribution < -0.4 is 14.9 Å². The number of aromatic nitrogens is 1. The van der Waals surface area contributed by atoms with Gasteiger partial charge in [-0.15, -0.1) is 22.7 Å². The molecule has 0 fully saturated rings. The first-order valence-electron chi connectivity index (χ1n) is 7.31. The molecule has 0 atom stereocenters. The average Bonchev–Trinajstić information content (AvgIpc) is 3.32. The number of ether oxygens (including phenoxy) is 2. The lowest BCUT2D eigenvalue weighted by Crippen LogP contribution is -1.99. The smallest absolute Gasteiger partial charge is 0.315 e. The summed E-state index contributed by atoms with van der Waals surface area (Å²) in [6, 6.07) is 6.94. The molecule has 1 N–H and O–H groups in total. The second-order valence-corrected chi connectivity index (χ2v) is 6.72. The minimum Gasteiger partial charge on any atom is -0.493 e. The fourth-order valence-electron chi connectivity index (χ4n) is 2.20. The van der Waals surface area contributed by atoms with E-state index in [-0.39, 0.29) is 17.2 Å². The molecule has 3 aromatic rings. The Balaban J connectivity index is 1.78. The lowest BCUT2D eigenvalue weighted by molar-refractivity contribution is -0.385. The number of hydrogen-bond donors (Lipinski definition) is 1. The Hall–Kier alpha value is -2.98. The number of rotatable bonds is 7. The number of benzene rings is 1. The Kier molecular flexibility index (Phi) is 5.44. The van der Waals surface area contributed by atoms with E-state index in [0.29, 0.717) is 10.7 Å². The first kappa shape index (κ1) is 17.8. The van der Waals surface area contributed by atoms with E-state index in [2.05, 4.69) is 15.5 Å². The number of thiophene rings is 1. The maximum atomic E-state index is 11.2. The van der Waals surface area contributed by atoms with Crippen LogP contribution in [0.25, 0.3) is 10.6 Å². The van der Waals surface area contributed by atoms with Gasteiger partial charge >= 0.3 is 5.69 Å². The van der Waals surface area contributed by atoms with E-state index in [9.17, 15) is 10.1 Å². The molecule has 0 bridgehead atoms. The second kappa shape index (κ2) is 7.93. The van der Waals surface area contributed by atoms with E-state index in [0.717, 1.165) is 10.6 Å². The predicted molar refractivity (Wildman–Crippen MR) is 103 cm³/mol. The lowest BCUT2D eigenvalue weighted by atomic mass is 10.2. The van der Waals surface area contributed by atoms with Crippen molar-refractivity contribution in [2.24, 2.45) is 5.10 Å². The Bertz CT molecular complexity index is 938. The summed E-state index contributed by atoms with van der Waals surface area (Å²) in [6.45, 7) is 0. The summed E-state index contributed by atoms with van der Waals surface area (Å²) in [5.74, 6) is 0.334. The van der Waals surface area contributed by atoms with Crippen LogP contribution in [0.1, 0.15) is 5.56 Å². The van der Waals surface area contributed by atoms with Crippen molar-refractivity contribution in [3.63, 3.8) is 0 Å². The zero-order valence-corrected chi connectivity index (χ0v) is 15.5. The summed E-state index contributed by atoms with van der Waals surface area (Å²) in [5.41, 5.74) is 4.01. The molecule has 0 radical (unpaired) electrons. The lowest BCUT2D eigenvalue weighted by Gasteiger charge is -2.08.